The van der Waals surface area contributed by atoms with Crippen molar-refractivity contribution in [1.29, 1.82) is 0 Å². The molecule has 94 valence electrons. The first-order valence-corrected chi connectivity index (χ1v) is 5.55. The van der Waals surface area contributed by atoms with Gasteiger partial charge in [0.15, 0.2) is 0 Å². The molecule has 5 heteroatoms. The minimum Gasteiger partial charge on any atom is -0.481 e. The van der Waals surface area contributed by atoms with Gasteiger partial charge in [0.05, 0.1) is 12.5 Å². The van der Waals surface area contributed by atoms with Gasteiger partial charge in [0.1, 0.15) is 6.79 Å². The molecule has 0 aliphatic heterocycles. The molecule has 1 N–H and O–H groups in total. The minimum atomic E-state index is -0.879. The number of ether oxygens (including phenoxy) is 2. The molecule has 0 fully saturated rings. The van der Waals surface area contributed by atoms with Crippen molar-refractivity contribution in [3.63, 3.8) is 0 Å². The Morgan fingerprint density at radius 3 is 2.59 bits per heavy atom. The molecule has 0 aromatic heterocycles. The number of aliphatic carboxylic acids is 1. The van der Waals surface area contributed by atoms with E-state index in [-0.39, 0.29) is 13.4 Å². The molecule has 1 aromatic carbocycles. The number of hydrogen-bond acceptors (Lipinski definition) is 3. The van der Waals surface area contributed by atoms with Gasteiger partial charge in [0.2, 0.25) is 0 Å². The zero-order chi connectivity index (χ0) is 12.7. The molecule has 1 atom stereocenters. The molecule has 0 heterocycles. The van der Waals surface area contributed by atoms with E-state index in [1.807, 2.05) is 12.1 Å². The maximum Gasteiger partial charge on any atom is 0.309 e. The highest BCUT2D eigenvalue weighted by atomic mass is 35.5. The van der Waals surface area contributed by atoms with Gasteiger partial charge in [-0.25, -0.2) is 0 Å². The second-order valence-electron chi connectivity index (χ2n) is 3.64. The molecule has 0 spiro atoms. The van der Waals surface area contributed by atoms with Crippen LogP contribution in [0.15, 0.2) is 24.3 Å². The normalized spacial score (nSPS) is 12.4. The second-order valence-corrected chi connectivity index (χ2v) is 4.08. The molecule has 0 radical (unpaired) electrons. The highest BCUT2D eigenvalue weighted by Gasteiger charge is 2.18. The summed E-state index contributed by atoms with van der Waals surface area (Å²) in [6.07, 6.45) is 0.413. The second kappa shape index (κ2) is 7.27. The van der Waals surface area contributed by atoms with Crippen LogP contribution in [0.1, 0.15) is 5.56 Å². The van der Waals surface area contributed by atoms with Gasteiger partial charge in [-0.2, -0.15) is 0 Å². The van der Waals surface area contributed by atoms with Crippen LogP contribution in [0, 0.1) is 5.92 Å². The highest BCUT2D eigenvalue weighted by Crippen LogP contribution is 2.14. The lowest BCUT2D eigenvalue weighted by molar-refractivity contribution is -0.145. The lowest BCUT2D eigenvalue weighted by Gasteiger charge is -2.12. The van der Waals surface area contributed by atoms with Crippen LogP contribution in [0.2, 0.25) is 5.02 Å². The van der Waals surface area contributed by atoms with Crippen molar-refractivity contribution >= 4 is 17.6 Å². The van der Waals surface area contributed by atoms with E-state index in [9.17, 15) is 4.79 Å². The van der Waals surface area contributed by atoms with Crippen LogP contribution in [-0.4, -0.2) is 31.6 Å². The Bertz CT molecular complexity index is 350. The van der Waals surface area contributed by atoms with Crippen molar-refractivity contribution in [3.8, 4) is 0 Å². The van der Waals surface area contributed by atoms with Gasteiger partial charge in [0.25, 0.3) is 0 Å². The van der Waals surface area contributed by atoms with Gasteiger partial charge in [-0.3, -0.25) is 4.79 Å². The van der Waals surface area contributed by atoms with Crippen molar-refractivity contribution in [1.82, 2.24) is 0 Å². The summed E-state index contributed by atoms with van der Waals surface area (Å²) in [5, 5.41) is 9.68. The van der Waals surface area contributed by atoms with Crippen LogP contribution >= 0.6 is 11.6 Å². The van der Waals surface area contributed by atoms with Crippen molar-refractivity contribution in [2.45, 2.75) is 6.42 Å². The van der Waals surface area contributed by atoms with E-state index < -0.39 is 11.9 Å². The van der Waals surface area contributed by atoms with Gasteiger partial charge in [-0.15, -0.1) is 0 Å². The van der Waals surface area contributed by atoms with Crippen molar-refractivity contribution < 1.29 is 19.4 Å². The number of halogens is 1. The van der Waals surface area contributed by atoms with E-state index in [1.54, 1.807) is 12.1 Å². The number of hydrogen-bond donors (Lipinski definition) is 1. The Labute approximate surface area is 105 Å². The fourth-order valence-corrected chi connectivity index (χ4v) is 1.52. The number of carboxylic acids is 1. The number of methoxy groups -OCH3 is 1. The molecule has 0 saturated heterocycles. The number of benzene rings is 1. The first-order chi connectivity index (χ1) is 8.13. The third-order valence-electron chi connectivity index (χ3n) is 2.26. The van der Waals surface area contributed by atoms with Gasteiger partial charge < -0.3 is 14.6 Å². The lowest BCUT2D eigenvalue weighted by atomic mass is 10.0. The van der Waals surface area contributed by atoms with E-state index in [0.717, 1.165) is 5.56 Å². The van der Waals surface area contributed by atoms with Crippen LogP contribution in [0.3, 0.4) is 0 Å². The zero-order valence-corrected chi connectivity index (χ0v) is 10.3. The van der Waals surface area contributed by atoms with E-state index in [4.69, 9.17) is 26.2 Å². The van der Waals surface area contributed by atoms with Gasteiger partial charge in [-0.05, 0) is 24.1 Å². The Balaban J connectivity index is 2.54. The molecule has 0 aliphatic rings. The fourth-order valence-electron chi connectivity index (χ4n) is 1.40. The molecule has 1 rings (SSSR count). The summed E-state index contributed by atoms with van der Waals surface area (Å²) in [6.45, 7) is 0.232. The van der Waals surface area contributed by atoms with Gasteiger partial charge >= 0.3 is 5.97 Å². The lowest BCUT2D eigenvalue weighted by Crippen LogP contribution is -2.22. The topological polar surface area (TPSA) is 55.8 Å². The predicted octanol–water partition coefficient (Wildman–Crippen LogP) is 2.20. The van der Waals surface area contributed by atoms with E-state index in [0.29, 0.717) is 11.4 Å². The van der Waals surface area contributed by atoms with E-state index in [2.05, 4.69) is 0 Å². The van der Waals surface area contributed by atoms with Crippen LogP contribution in [0.4, 0.5) is 0 Å². The third-order valence-corrected chi connectivity index (χ3v) is 2.52. The number of rotatable bonds is 7. The Morgan fingerprint density at radius 2 is 2.06 bits per heavy atom. The summed E-state index contributed by atoms with van der Waals surface area (Å²) in [7, 11) is 1.50. The Kier molecular flexibility index (Phi) is 5.97. The summed E-state index contributed by atoms with van der Waals surface area (Å²) in [5.74, 6) is -1.46. The molecular formula is C12H15ClO4. The summed E-state index contributed by atoms with van der Waals surface area (Å²) >= 11 is 5.76. The van der Waals surface area contributed by atoms with Gasteiger partial charge in [-0.1, -0.05) is 23.7 Å². The molecule has 4 nitrogen and oxygen atoms in total. The van der Waals surface area contributed by atoms with Crippen molar-refractivity contribution in [2.24, 2.45) is 5.92 Å². The van der Waals surface area contributed by atoms with Crippen LogP contribution in [0.5, 0.6) is 0 Å². The molecule has 1 aromatic rings. The summed E-state index contributed by atoms with van der Waals surface area (Å²) < 4.78 is 9.78. The van der Waals surface area contributed by atoms with Crippen molar-refractivity contribution in [2.75, 3.05) is 20.5 Å². The third kappa shape index (κ3) is 5.17. The summed E-state index contributed by atoms with van der Waals surface area (Å²) in [5.41, 5.74) is 0.919. The van der Waals surface area contributed by atoms with Crippen LogP contribution in [-0.2, 0) is 20.7 Å². The number of carboxylic acid groups (broad SMARTS) is 1. The molecule has 17 heavy (non-hydrogen) atoms. The quantitative estimate of drug-likeness (QED) is 0.602. The standard InChI is InChI=1S/C12H15ClO4/c1-16-8-17-7-10(12(14)15)6-9-2-4-11(13)5-3-9/h2-5,10H,6-8H2,1H3,(H,14,15). The van der Waals surface area contributed by atoms with Gasteiger partial charge in [0, 0.05) is 12.1 Å². The molecular weight excluding hydrogens is 244 g/mol. The average Bonchev–Trinajstić information content (AvgIpc) is 2.30. The molecule has 0 saturated carbocycles. The molecule has 1 unspecified atom stereocenters. The monoisotopic (exact) mass is 258 g/mol. The molecule has 0 aliphatic carbocycles. The first kappa shape index (κ1) is 14.0. The zero-order valence-electron chi connectivity index (χ0n) is 9.56. The van der Waals surface area contributed by atoms with Crippen LogP contribution in [0.25, 0.3) is 0 Å². The first-order valence-electron chi connectivity index (χ1n) is 5.17. The summed E-state index contributed by atoms with van der Waals surface area (Å²) in [6, 6.07) is 7.11. The van der Waals surface area contributed by atoms with Crippen molar-refractivity contribution in [3.05, 3.63) is 34.9 Å². The van der Waals surface area contributed by atoms with E-state index in [1.165, 1.54) is 7.11 Å². The minimum absolute atomic E-state index is 0.102. The largest absolute Gasteiger partial charge is 0.481 e. The Morgan fingerprint density at radius 1 is 1.41 bits per heavy atom. The predicted molar refractivity (Wildman–Crippen MR) is 64.1 cm³/mol. The molecule has 0 amide bonds. The average molecular weight is 259 g/mol. The number of carbonyl (C=O) groups is 1. The SMILES string of the molecule is COCOCC(Cc1ccc(Cl)cc1)C(=O)O. The van der Waals surface area contributed by atoms with Crippen LogP contribution < -0.4 is 0 Å². The fraction of sp³-hybridized carbons (Fsp3) is 0.417. The maximum atomic E-state index is 11.0. The maximum absolute atomic E-state index is 11.0. The smallest absolute Gasteiger partial charge is 0.309 e. The molecule has 0 bridgehead atoms. The highest BCUT2D eigenvalue weighted by molar-refractivity contribution is 6.30. The van der Waals surface area contributed by atoms with E-state index >= 15 is 0 Å². The summed E-state index contributed by atoms with van der Waals surface area (Å²) in [4.78, 5) is 11.0. The Hall–Kier alpha value is -1.10.